The SMILES string of the molecule is Cc1cc(Br)c2c(c1)C(=O)/C(=C1/C(=O)c3cc(Br)cc(Br)c3N1C(=O)c1ccccn1)N2C(=O)c1ccccn1. The number of halogens is 3. The fourth-order valence-corrected chi connectivity index (χ4v) is 6.98. The van der Waals surface area contributed by atoms with Gasteiger partial charge < -0.3 is 0 Å². The Morgan fingerprint density at radius 2 is 1.15 bits per heavy atom. The number of hydrogen-bond donors (Lipinski definition) is 0. The van der Waals surface area contributed by atoms with Crippen molar-refractivity contribution in [3.05, 3.63) is 126 Å². The number of ketones is 2. The van der Waals surface area contributed by atoms with Gasteiger partial charge in [-0.15, -0.1) is 0 Å². The first-order valence-corrected chi connectivity index (χ1v) is 14.2. The standard InChI is InChI=1S/C29H15Br3N4O4/c1-14-10-16-22(18(31)11-14)35(28(39)20-6-2-4-8-33-20)24(26(16)37)25-27(38)17-12-15(30)13-19(32)23(17)36(25)29(40)21-7-3-5-9-34-21/h2-13H,1H3/b25-24+. The lowest BCUT2D eigenvalue weighted by Gasteiger charge is -2.24. The van der Waals surface area contributed by atoms with Crippen LogP contribution in [0.1, 0.15) is 47.3 Å². The molecule has 4 heterocycles. The highest BCUT2D eigenvalue weighted by atomic mass is 79.9. The van der Waals surface area contributed by atoms with Crippen molar-refractivity contribution in [2.45, 2.75) is 6.92 Å². The number of benzene rings is 2. The maximum atomic E-state index is 14.2. The molecule has 0 radical (unpaired) electrons. The number of carbonyl (C=O) groups excluding carboxylic acids is 4. The zero-order chi connectivity index (χ0) is 28.3. The van der Waals surface area contributed by atoms with E-state index in [2.05, 4.69) is 57.8 Å². The Morgan fingerprint density at radius 1 is 0.675 bits per heavy atom. The van der Waals surface area contributed by atoms with Gasteiger partial charge in [0.2, 0.25) is 11.6 Å². The van der Waals surface area contributed by atoms with Gasteiger partial charge in [-0.3, -0.25) is 38.9 Å². The molecule has 0 atom stereocenters. The van der Waals surface area contributed by atoms with Crippen LogP contribution in [0.25, 0.3) is 0 Å². The summed E-state index contributed by atoms with van der Waals surface area (Å²) >= 11 is 10.4. The second-order valence-corrected chi connectivity index (χ2v) is 11.6. The number of carbonyl (C=O) groups is 4. The van der Waals surface area contributed by atoms with E-state index in [1.165, 1.54) is 29.4 Å². The highest BCUT2D eigenvalue weighted by molar-refractivity contribution is 9.11. The van der Waals surface area contributed by atoms with Gasteiger partial charge in [0.1, 0.15) is 22.8 Å². The summed E-state index contributed by atoms with van der Waals surface area (Å²) in [4.78, 5) is 67.1. The van der Waals surface area contributed by atoms with Crippen molar-refractivity contribution in [1.82, 2.24) is 9.97 Å². The normalized spacial score (nSPS) is 15.9. The summed E-state index contributed by atoms with van der Waals surface area (Å²) < 4.78 is 1.50. The van der Waals surface area contributed by atoms with Crippen molar-refractivity contribution in [2.75, 3.05) is 9.80 Å². The number of anilines is 2. The maximum absolute atomic E-state index is 14.2. The number of aromatic nitrogens is 2. The molecule has 0 spiro atoms. The number of Topliss-reactive ketones (excluding diaryl/α,β-unsaturated/α-hetero) is 2. The zero-order valence-electron chi connectivity index (χ0n) is 20.5. The second-order valence-electron chi connectivity index (χ2n) is 8.99. The van der Waals surface area contributed by atoms with Gasteiger partial charge in [-0.1, -0.05) is 28.1 Å². The van der Waals surface area contributed by atoms with Crippen molar-refractivity contribution in [2.24, 2.45) is 0 Å². The second kappa shape index (κ2) is 9.99. The molecule has 11 heteroatoms. The zero-order valence-corrected chi connectivity index (χ0v) is 25.2. The number of hydrogen-bond acceptors (Lipinski definition) is 6. The number of aryl methyl sites for hydroxylation is 1. The number of fused-ring (bicyclic) bond motifs is 2. The van der Waals surface area contributed by atoms with E-state index in [-0.39, 0.29) is 45.3 Å². The Morgan fingerprint density at radius 3 is 1.62 bits per heavy atom. The summed E-state index contributed by atoms with van der Waals surface area (Å²) in [5.41, 5.74) is 1.29. The van der Waals surface area contributed by atoms with Crippen LogP contribution in [0.4, 0.5) is 11.4 Å². The smallest absolute Gasteiger partial charge is 0.281 e. The molecule has 0 unspecified atom stereocenters. The summed E-state index contributed by atoms with van der Waals surface area (Å²) in [5.74, 6) is -2.44. The van der Waals surface area contributed by atoms with Crippen LogP contribution in [0.2, 0.25) is 0 Å². The lowest BCUT2D eigenvalue weighted by molar-refractivity contribution is 0.0950. The predicted octanol–water partition coefficient (Wildman–Crippen LogP) is 6.67. The van der Waals surface area contributed by atoms with Crippen molar-refractivity contribution in [1.29, 1.82) is 0 Å². The highest BCUT2D eigenvalue weighted by Crippen LogP contribution is 2.48. The molecule has 0 fully saturated rings. The van der Waals surface area contributed by atoms with E-state index < -0.39 is 23.4 Å². The summed E-state index contributed by atoms with van der Waals surface area (Å²) in [6, 6.07) is 16.4. The van der Waals surface area contributed by atoms with E-state index in [0.29, 0.717) is 13.4 Å². The molecule has 2 aromatic carbocycles. The molecule has 196 valence electrons. The van der Waals surface area contributed by atoms with Gasteiger partial charge in [0.25, 0.3) is 11.8 Å². The van der Waals surface area contributed by atoms with E-state index >= 15 is 0 Å². The van der Waals surface area contributed by atoms with Crippen LogP contribution in [-0.2, 0) is 0 Å². The topological polar surface area (TPSA) is 101 Å². The van der Waals surface area contributed by atoms with Crippen LogP contribution >= 0.6 is 47.8 Å². The van der Waals surface area contributed by atoms with Gasteiger partial charge in [-0.2, -0.15) is 0 Å². The molecule has 6 rings (SSSR count). The first kappa shape index (κ1) is 26.4. The highest BCUT2D eigenvalue weighted by Gasteiger charge is 2.48. The Balaban J connectivity index is 1.69. The molecule has 40 heavy (non-hydrogen) atoms. The van der Waals surface area contributed by atoms with Crippen molar-refractivity contribution in [3.8, 4) is 0 Å². The van der Waals surface area contributed by atoms with Crippen LogP contribution in [0.3, 0.4) is 0 Å². The van der Waals surface area contributed by atoms with E-state index in [1.807, 2.05) is 6.92 Å². The maximum Gasteiger partial charge on any atom is 0.281 e. The number of rotatable bonds is 2. The fourth-order valence-electron chi connectivity index (χ4n) is 4.82. The third-order valence-electron chi connectivity index (χ3n) is 6.45. The van der Waals surface area contributed by atoms with Gasteiger partial charge in [0.15, 0.2) is 0 Å². The fraction of sp³-hybridized carbons (Fsp3) is 0.0345. The van der Waals surface area contributed by atoms with Crippen LogP contribution in [-0.4, -0.2) is 33.3 Å². The van der Waals surface area contributed by atoms with Gasteiger partial charge in [0, 0.05) is 31.4 Å². The number of pyridine rings is 2. The van der Waals surface area contributed by atoms with Crippen molar-refractivity contribution < 1.29 is 19.2 Å². The van der Waals surface area contributed by atoms with Gasteiger partial charge >= 0.3 is 0 Å². The summed E-state index contributed by atoms with van der Waals surface area (Å²) in [5, 5.41) is 0. The molecule has 4 aromatic rings. The van der Waals surface area contributed by atoms with Gasteiger partial charge in [-0.25, -0.2) is 0 Å². The van der Waals surface area contributed by atoms with E-state index in [0.717, 1.165) is 10.5 Å². The number of amides is 2. The quantitative estimate of drug-likeness (QED) is 0.215. The van der Waals surface area contributed by atoms with Crippen LogP contribution in [0.5, 0.6) is 0 Å². The predicted molar refractivity (Wildman–Crippen MR) is 159 cm³/mol. The molecule has 8 nitrogen and oxygen atoms in total. The monoisotopic (exact) mass is 720 g/mol. The lowest BCUT2D eigenvalue weighted by atomic mass is 10.1. The Labute approximate surface area is 253 Å². The molecular weight excluding hydrogens is 708 g/mol. The number of allylic oxidation sites excluding steroid dienone is 2. The first-order chi connectivity index (χ1) is 19.2. The Hall–Kier alpha value is -3.80. The van der Waals surface area contributed by atoms with Gasteiger partial charge in [0.05, 0.1) is 16.9 Å². The molecule has 2 aliphatic heterocycles. The Bertz CT molecular complexity index is 1690. The summed E-state index contributed by atoms with van der Waals surface area (Å²) in [6.07, 6.45) is 2.92. The number of nitrogens with zero attached hydrogens (tertiary/aromatic N) is 4. The molecule has 0 saturated heterocycles. The molecule has 0 N–H and O–H groups in total. The third kappa shape index (κ3) is 4.07. The summed E-state index contributed by atoms with van der Waals surface area (Å²) in [6.45, 7) is 1.82. The molecule has 0 saturated carbocycles. The Kier molecular flexibility index (Phi) is 6.60. The van der Waals surface area contributed by atoms with Crippen LogP contribution < -0.4 is 9.80 Å². The molecule has 0 aliphatic carbocycles. The van der Waals surface area contributed by atoms with Crippen molar-refractivity contribution >= 4 is 82.5 Å². The summed E-state index contributed by atoms with van der Waals surface area (Å²) in [7, 11) is 0. The first-order valence-electron chi connectivity index (χ1n) is 11.8. The molecule has 0 bridgehead atoms. The average Bonchev–Trinajstić information content (AvgIpc) is 3.39. The van der Waals surface area contributed by atoms with E-state index in [9.17, 15) is 19.2 Å². The van der Waals surface area contributed by atoms with E-state index in [1.54, 1.807) is 48.5 Å². The lowest BCUT2D eigenvalue weighted by Crippen LogP contribution is -2.37. The average molecular weight is 723 g/mol. The van der Waals surface area contributed by atoms with Crippen LogP contribution in [0, 0.1) is 6.92 Å². The third-order valence-corrected chi connectivity index (χ3v) is 8.12. The minimum Gasteiger partial charge on any atom is -0.287 e. The minimum atomic E-state index is -0.637. The van der Waals surface area contributed by atoms with Crippen molar-refractivity contribution in [3.63, 3.8) is 0 Å². The van der Waals surface area contributed by atoms with Crippen LogP contribution in [0.15, 0.2) is 97.9 Å². The molecular formula is C29H15Br3N4O4. The largest absolute Gasteiger partial charge is 0.287 e. The minimum absolute atomic E-state index is 0.0543. The van der Waals surface area contributed by atoms with E-state index in [4.69, 9.17) is 0 Å². The molecule has 2 aromatic heterocycles. The molecule has 2 aliphatic rings. The molecule has 2 amide bonds. The van der Waals surface area contributed by atoms with Gasteiger partial charge in [-0.05, 0) is 92.9 Å².